The average molecular weight is 612 g/mol. The van der Waals surface area contributed by atoms with E-state index in [4.69, 9.17) is 0 Å². The molecule has 6 nitrogen and oxygen atoms in total. The lowest BCUT2D eigenvalue weighted by Crippen LogP contribution is -2.42. The molecule has 2 heterocycles. The Morgan fingerprint density at radius 2 is 1.49 bits per heavy atom. The topological polar surface area (TPSA) is 82.5 Å². The van der Waals surface area contributed by atoms with Crippen LogP contribution in [-0.2, 0) is 27.4 Å². The molecule has 0 spiro atoms. The molecule has 1 amide bonds. The molecule has 0 unspecified atom stereocenters. The third-order valence-electron chi connectivity index (χ3n) is 7.69. The second kappa shape index (κ2) is 11.3. The first-order valence-corrected chi connectivity index (χ1v) is 13.1. The second-order valence-corrected chi connectivity index (χ2v) is 11.1. The molecular weight excluding hydrogens is 583 g/mol. The number of aliphatic carboxylic acids is 1. The van der Waals surface area contributed by atoms with E-state index in [1.165, 1.54) is 45.3 Å². The highest BCUT2D eigenvalue weighted by Gasteiger charge is 2.41. The van der Waals surface area contributed by atoms with Crippen LogP contribution in [0.3, 0.4) is 0 Å². The van der Waals surface area contributed by atoms with Gasteiger partial charge in [-0.15, -0.1) is 0 Å². The number of hydrogen-bond acceptors (Lipinski definition) is 4. The summed E-state index contributed by atoms with van der Waals surface area (Å²) in [7, 11) is 1.32. The van der Waals surface area contributed by atoms with Gasteiger partial charge in [0.1, 0.15) is 11.9 Å². The molecule has 0 bridgehead atoms. The van der Waals surface area contributed by atoms with Gasteiger partial charge in [-0.05, 0) is 86.7 Å². The number of likely N-dealkylation sites (N-methyl/N-ethyl adjacent to an activating group) is 1. The smallest absolute Gasteiger partial charge is 0.416 e. The summed E-state index contributed by atoms with van der Waals surface area (Å²) in [5.74, 6) is -2.38. The number of hydrogen-bond donors (Lipinski definition) is 2. The summed E-state index contributed by atoms with van der Waals surface area (Å²) in [4.78, 5) is 30.8. The SMILES string of the molecule is Cc1cc(F)ccc1-c1cc([C@@H]2CC[C@H](C(=O)O)N2)ncc1N(C)C(=O)C(C)(C)c1cc(C(F)(F)F)cc(C(F)(F)F)c1. The first-order valence-electron chi connectivity index (χ1n) is 13.1. The second-order valence-electron chi connectivity index (χ2n) is 11.1. The first-order chi connectivity index (χ1) is 19.8. The molecule has 4 rings (SSSR count). The zero-order chi connectivity index (χ0) is 32.1. The number of anilines is 1. The molecule has 43 heavy (non-hydrogen) atoms. The van der Waals surface area contributed by atoms with Crippen molar-refractivity contribution in [3.05, 3.63) is 82.4 Å². The van der Waals surface area contributed by atoms with Crippen molar-refractivity contribution in [3.63, 3.8) is 0 Å². The number of halogens is 7. The van der Waals surface area contributed by atoms with Crippen molar-refractivity contribution < 1.29 is 45.4 Å². The Kier molecular flexibility index (Phi) is 8.35. The molecule has 1 aliphatic heterocycles. The van der Waals surface area contributed by atoms with Gasteiger partial charge in [0.25, 0.3) is 0 Å². The highest BCUT2D eigenvalue weighted by atomic mass is 19.4. The number of aromatic nitrogens is 1. The maximum Gasteiger partial charge on any atom is 0.416 e. The van der Waals surface area contributed by atoms with Gasteiger partial charge in [-0.2, -0.15) is 26.3 Å². The quantitative estimate of drug-likeness (QED) is 0.292. The normalized spacial score (nSPS) is 17.7. The zero-order valence-electron chi connectivity index (χ0n) is 23.5. The summed E-state index contributed by atoms with van der Waals surface area (Å²) in [6, 6.07) is 5.36. The fourth-order valence-corrected chi connectivity index (χ4v) is 5.21. The maximum absolute atomic E-state index is 14.0. The minimum Gasteiger partial charge on any atom is -0.480 e. The summed E-state index contributed by atoms with van der Waals surface area (Å²) in [5.41, 5.74) is -3.49. The number of nitrogens with zero attached hydrogens (tertiary/aromatic N) is 2. The average Bonchev–Trinajstić information content (AvgIpc) is 3.42. The fourth-order valence-electron chi connectivity index (χ4n) is 5.21. The van der Waals surface area contributed by atoms with Crippen molar-refractivity contribution in [2.24, 2.45) is 0 Å². The molecule has 1 saturated heterocycles. The number of carbonyl (C=O) groups excluding carboxylic acids is 1. The number of nitrogens with one attached hydrogen (secondary N) is 1. The van der Waals surface area contributed by atoms with E-state index in [1.54, 1.807) is 13.0 Å². The van der Waals surface area contributed by atoms with Gasteiger partial charge in [-0.25, -0.2) is 4.39 Å². The lowest BCUT2D eigenvalue weighted by atomic mass is 9.81. The van der Waals surface area contributed by atoms with Gasteiger partial charge in [0.05, 0.1) is 40.2 Å². The third kappa shape index (κ3) is 6.51. The molecular formula is C30H28F7N3O3. The van der Waals surface area contributed by atoms with Gasteiger partial charge in [-0.3, -0.25) is 19.9 Å². The van der Waals surface area contributed by atoms with Crippen LogP contribution >= 0.6 is 0 Å². The molecule has 2 N–H and O–H groups in total. The van der Waals surface area contributed by atoms with E-state index in [2.05, 4.69) is 10.3 Å². The monoisotopic (exact) mass is 611 g/mol. The summed E-state index contributed by atoms with van der Waals surface area (Å²) < 4.78 is 95.3. The standard InChI is InChI=1S/C30H28F7N3O3/c1-15-9-19(31)5-6-20(15)21-13-24(22-7-8-23(39-22)26(41)42)38-14-25(21)40(4)27(43)28(2,3)16-10-17(29(32,33)34)12-18(11-16)30(35,36)37/h5-6,9-14,22-23,39H,7-8H2,1-4H3,(H,41,42)/t22-,23+/m0/s1. The first kappa shape index (κ1) is 31.9. The lowest BCUT2D eigenvalue weighted by Gasteiger charge is -2.32. The number of carbonyl (C=O) groups is 2. The Morgan fingerprint density at radius 1 is 0.907 bits per heavy atom. The fraction of sp³-hybridized carbons (Fsp3) is 0.367. The lowest BCUT2D eigenvalue weighted by molar-refractivity contribution is -0.143. The Morgan fingerprint density at radius 3 is 2.00 bits per heavy atom. The molecule has 230 valence electrons. The van der Waals surface area contributed by atoms with Gasteiger partial charge in [0, 0.05) is 12.6 Å². The Labute approximate surface area is 242 Å². The van der Waals surface area contributed by atoms with E-state index in [0.29, 0.717) is 47.4 Å². The van der Waals surface area contributed by atoms with Crippen LogP contribution in [0.4, 0.5) is 36.4 Å². The summed E-state index contributed by atoms with van der Waals surface area (Å²) in [6.07, 6.45) is -8.07. The molecule has 0 radical (unpaired) electrons. The summed E-state index contributed by atoms with van der Waals surface area (Å²) in [6.45, 7) is 4.07. The van der Waals surface area contributed by atoms with Crippen LogP contribution in [0.25, 0.3) is 11.1 Å². The molecule has 2 aromatic carbocycles. The van der Waals surface area contributed by atoms with Crippen LogP contribution < -0.4 is 10.2 Å². The number of benzene rings is 2. The molecule has 0 aliphatic carbocycles. The Hall–Kier alpha value is -4.00. The zero-order valence-corrected chi connectivity index (χ0v) is 23.5. The predicted octanol–water partition coefficient (Wildman–Crippen LogP) is 7.05. The summed E-state index contributed by atoms with van der Waals surface area (Å²) >= 11 is 0. The highest BCUT2D eigenvalue weighted by Crippen LogP contribution is 2.41. The molecule has 1 aliphatic rings. The van der Waals surface area contributed by atoms with E-state index in [1.807, 2.05) is 0 Å². The van der Waals surface area contributed by atoms with Crippen molar-refractivity contribution in [2.75, 3.05) is 11.9 Å². The third-order valence-corrected chi connectivity index (χ3v) is 7.69. The van der Waals surface area contributed by atoms with Crippen LogP contribution in [0, 0.1) is 12.7 Å². The van der Waals surface area contributed by atoms with E-state index in [9.17, 15) is 45.4 Å². The van der Waals surface area contributed by atoms with Crippen molar-refractivity contribution >= 4 is 17.6 Å². The number of carboxylic acid groups (broad SMARTS) is 1. The molecule has 13 heteroatoms. The van der Waals surface area contributed by atoms with Gasteiger partial charge in [0.2, 0.25) is 5.91 Å². The van der Waals surface area contributed by atoms with Gasteiger partial charge >= 0.3 is 18.3 Å². The van der Waals surface area contributed by atoms with Crippen molar-refractivity contribution in [3.8, 4) is 11.1 Å². The van der Waals surface area contributed by atoms with E-state index >= 15 is 0 Å². The Bertz CT molecular complexity index is 1540. The van der Waals surface area contributed by atoms with E-state index in [-0.39, 0.29) is 11.8 Å². The number of carboxylic acids is 1. The van der Waals surface area contributed by atoms with E-state index in [0.717, 1.165) is 4.90 Å². The Balaban J connectivity index is 1.81. The van der Waals surface area contributed by atoms with Crippen molar-refractivity contribution in [1.29, 1.82) is 0 Å². The number of aryl methyl sites for hydroxylation is 1. The van der Waals surface area contributed by atoms with E-state index < -0.39 is 64.2 Å². The molecule has 3 aromatic rings. The molecule has 1 aromatic heterocycles. The number of amides is 1. The van der Waals surface area contributed by atoms with Gasteiger partial charge in [-0.1, -0.05) is 6.07 Å². The van der Waals surface area contributed by atoms with Gasteiger partial charge in [0.15, 0.2) is 0 Å². The van der Waals surface area contributed by atoms with Crippen molar-refractivity contribution in [2.45, 2.75) is 63.5 Å². The van der Waals surface area contributed by atoms with Crippen LogP contribution in [0.5, 0.6) is 0 Å². The van der Waals surface area contributed by atoms with Gasteiger partial charge < -0.3 is 10.0 Å². The number of pyridine rings is 1. The number of rotatable bonds is 6. The maximum atomic E-state index is 14.0. The number of alkyl halides is 6. The highest BCUT2D eigenvalue weighted by molar-refractivity contribution is 6.03. The van der Waals surface area contributed by atoms with Crippen LogP contribution in [0.2, 0.25) is 0 Å². The van der Waals surface area contributed by atoms with Crippen LogP contribution in [0.15, 0.2) is 48.7 Å². The summed E-state index contributed by atoms with van der Waals surface area (Å²) in [5, 5.41) is 12.3. The largest absolute Gasteiger partial charge is 0.480 e. The molecule has 0 saturated carbocycles. The minimum atomic E-state index is -5.10. The predicted molar refractivity (Wildman–Crippen MR) is 144 cm³/mol. The van der Waals surface area contributed by atoms with Crippen LogP contribution in [0.1, 0.15) is 60.7 Å². The molecule has 2 atom stereocenters. The van der Waals surface area contributed by atoms with Crippen molar-refractivity contribution in [1.82, 2.24) is 10.3 Å². The molecule has 1 fully saturated rings. The minimum absolute atomic E-state index is 0.00218. The van der Waals surface area contributed by atoms with Crippen LogP contribution in [-0.4, -0.2) is 35.1 Å².